The van der Waals surface area contributed by atoms with Crippen LogP contribution in [0.4, 0.5) is 4.79 Å². The second-order valence-electron chi connectivity index (χ2n) is 7.03. The third-order valence-electron chi connectivity index (χ3n) is 4.66. The highest BCUT2D eigenvalue weighted by Gasteiger charge is 2.43. The Morgan fingerprint density at radius 1 is 1.30 bits per heavy atom. The Hall–Kier alpha value is -2.57. The van der Waals surface area contributed by atoms with Crippen molar-refractivity contribution >= 4 is 18.0 Å². The Bertz CT molecular complexity index is 624. The lowest BCUT2D eigenvalue weighted by atomic mass is 9.87. The Balaban J connectivity index is 2.88. The molecule has 172 valence electrons. The lowest BCUT2D eigenvalue weighted by Crippen LogP contribution is -2.52. The van der Waals surface area contributed by atoms with Gasteiger partial charge in [-0.05, 0) is 32.5 Å². The second kappa shape index (κ2) is 12.9. The first-order chi connectivity index (χ1) is 14.2. The largest absolute Gasteiger partial charge is 0.479 e. The number of guanidine groups is 1. The highest BCUT2D eigenvalue weighted by atomic mass is 16.6. The highest BCUT2D eigenvalue weighted by Crippen LogP contribution is 2.30. The predicted octanol–water partition coefficient (Wildman–Crippen LogP) is -1.53. The van der Waals surface area contributed by atoms with Crippen LogP contribution in [-0.2, 0) is 14.3 Å². The maximum atomic E-state index is 12.2. The van der Waals surface area contributed by atoms with E-state index in [2.05, 4.69) is 15.6 Å². The van der Waals surface area contributed by atoms with Crippen molar-refractivity contribution in [3.05, 3.63) is 11.8 Å². The number of nitrogens with zero attached hydrogens (tertiary/aromatic N) is 1. The molecule has 0 spiro atoms. The molecule has 5 atom stereocenters. The minimum atomic E-state index is -1.51. The highest BCUT2D eigenvalue weighted by molar-refractivity contribution is 5.85. The van der Waals surface area contributed by atoms with E-state index in [0.29, 0.717) is 6.54 Å². The van der Waals surface area contributed by atoms with E-state index >= 15 is 0 Å². The first kappa shape index (κ1) is 25.5. The lowest BCUT2D eigenvalue weighted by molar-refractivity contribution is -0.146. The van der Waals surface area contributed by atoms with Crippen molar-refractivity contribution in [1.29, 1.82) is 0 Å². The van der Waals surface area contributed by atoms with Gasteiger partial charge in [-0.3, -0.25) is 0 Å². The normalized spacial score (nSPS) is 22.8. The number of aliphatic carboxylic acids is 1. The van der Waals surface area contributed by atoms with E-state index in [1.807, 2.05) is 7.05 Å². The molecule has 1 rings (SSSR count). The number of hydrogen-bond donors (Lipinski definition) is 7. The van der Waals surface area contributed by atoms with Crippen molar-refractivity contribution < 1.29 is 34.4 Å². The first-order valence-electron chi connectivity index (χ1n) is 9.79. The summed E-state index contributed by atoms with van der Waals surface area (Å²) in [4.78, 5) is 27.6. The number of carboxylic acids is 1. The number of aliphatic hydroxyl groups is 2. The third kappa shape index (κ3) is 8.05. The van der Waals surface area contributed by atoms with Gasteiger partial charge in [-0.1, -0.05) is 13.3 Å². The van der Waals surface area contributed by atoms with Gasteiger partial charge in [0.1, 0.15) is 12.2 Å². The summed E-state index contributed by atoms with van der Waals surface area (Å²) in [5.41, 5.74) is 10.8. The van der Waals surface area contributed by atoms with Crippen molar-refractivity contribution in [1.82, 2.24) is 10.6 Å². The van der Waals surface area contributed by atoms with Crippen molar-refractivity contribution in [3.8, 4) is 0 Å². The molecular weight excluding hydrogens is 398 g/mol. The molecule has 9 N–H and O–H groups in total. The molecule has 0 aromatic carbocycles. The molecule has 12 nitrogen and oxygen atoms in total. The Labute approximate surface area is 175 Å². The summed E-state index contributed by atoms with van der Waals surface area (Å²) >= 11 is 0. The van der Waals surface area contributed by atoms with E-state index < -0.39 is 54.7 Å². The van der Waals surface area contributed by atoms with Crippen molar-refractivity contribution in [2.24, 2.45) is 22.4 Å². The fraction of sp³-hybridized carbons (Fsp3) is 0.722. The van der Waals surface area contributed by atoms with Crippen molar-refractivity contribution in [2.75, 3.05) is 26.7 Å². The fourth-order valence-electron chi connectivity index (χ4n) is 3.04. The van der Waals surface area contributed by atoms with Crippen molar-refractivity contribution in [3.63, 3.8) is 0 Å². The van der Waals surface area contributed by atoms with Crippen LogP contribution in [0.25, 0.3) is 0 Å². The fourth-order valence-corrected chi connectivity index (χ4v) is 3.04. The number of unbranched alkanes of at least 4 members (excludes halogenated alkanes) is 2. The molecule has 1 heterocycles. The Kier molecular flexibility index (Phi) is 10.9. The molecule has 0 aromatic heterocycles. The molecule has 0 saturated carbocycles. The maximum Gasteiger partial charge on any atom is 0.407 e. The van der Waals surface area contributed by atoms with Crippen LogP contribution in [0.5, 0.6) is 0 Å². The zero-order chi connectivity index (χ0) is 22.7. The molecule has 1 unspecified atom stereocenters. The second-order valence-corrected chi connectivity index (χ2v) is 7.03. The number of aliphatic hydroxyl groups excluding tert-OH is 2. The van der Waals surface area contributed by atoms with Gasteiger partial charge in [0.05, 0.1) is 12.6 Å². The number of carbonyl (C=O) groups is 2. The number of ether oxygens (including phenoxy) is 2. The quantitative estimate of drug-likeness (QED) is 0.108. The molecule has 0 radical (unpaired) electrons. The average Bonchev–Trinajstić information content (AvgIpc) is 2.69. The molecule has 0 bridgehead atoms. The molecule has 1 aliphatic rings. The van der Waals surface area contributed by atoms with Gasteiger partial charge >= 0.3 is 12.1 Å². The summed E-state index contributed by atoms with van der Waals surface area (Å²) < 4.78 is 10.7. The average molecular weight is 431 g/mol. The number of aliphatic imine (C=N–C) groups is 1. The number of nitrogens with one attached hydrogen (secondary N) is 2. The number of nitrogens with two attached hydrogens (primary N) is 2. The van der Waals surface area contributed by atoms with Gasteiger partial charge < -0.3 is 46.9 Å². The monoisotopic (exact) mass is 431 g/mol. The van der Waals surface area contributed by atoms with E-state index in [0.717, 1.165) is 25.8 Å². The van der Waals surface area contributed by atoms with Gasteiger partial charge in [0.25, 0.3) is 0 Å². The summed E-state index contributed by atoms with van der Waals surface area (Å²) in [6.07, 6.45) is -0.960. The van der Waals surface area contributed by atoms with Gasteiger partial charge in [-0.15, -0.1) is 0 Å². The van der Waals surface area contributed by atoms with Crippen molar-refractivity contribution in [2.45, 2.75) is 50.5 Å². The van der Waals surface area contributed by atoms with Gasteiger partial charge in [0, 0.05) is 12.5 Å². The van der Waals surface area contributed by atoms with Gasteiger partial charge in [0.15, 0.2) is 12.1 Å². The zero-order valence-corrected chi connectivity index (χ0v) is 17.3. The SMILES string of the molecule is CNCCCCCNC(=O)O[C@@H](C1OC(C(=O)O)=C[C@H](N=C(N)N)[C@H]1C)[C@H](O)CO. The molecule has 12 heteroatoms. The van der Waals surface area contributed by atoms with Crippen LogP contribution < -0.4 is 22.1 Å². The predicted molar refractivity (Wildman–Crippen MR) is 108 cm³/mol. The Morgan fingerprint density at radius 2 is 1.97 bits per heavy atom. The van der Waals surface area contributed by atoms with Gasteiger partial charge in [-0.2, -0.15) is 0 Å². The molecule has 0 fully saturated rings. The molecular formula is C18H33N5O7. The summed E-state index contributed by atoms with van der Waals surface area (Å²) in [5, 5.41) is 34.5. The van der Waals surface area contributed by atoms with E-state index in [9.17, 15) is 24.9 Å². The van der Waals surface area contributed by atoms with Crippen LogP contribution >= 0.6 is 0 Å². The summed E-state index contributed by atoms with van der Waals surface area (Å²) in [6, 6.07) is -0.785. The Morgan fingerprint density at radius 3 is 2.53 bits per heavy atom. The van der Waals surface area contributed by atoms with Crippen LogP contribution in [0.3, 0.4) is 0 Å². The minimum Gasteiger partial charge on any atom is -0.479 e. The summed E-state index contributed by atoms with van der Waals surface area (Å²) in [7, 11) is 1.86. The topological polar surface area (TPSA) is 202 Å². The standard InChI is InChI=1S/C18H33N5O7/c1-10-11(23-17(19)20)8-13(16(26)27)29-14(10)15(12(25)9-24)30-18(28)22-7-5-3-4-6-21-2/h8,10-12,14-15,21,24-25H,3-7,9H2,1-2H3,(H,22,28)(H,26,27)(H4,19,20,23)/t10-,11+,12-,14?,15-/m1/s1. The molecule has 1 amide bonds. The first-order valence-corrected chi connectivity index (χ1v) is 9.79. The molecule has 0 aliphatic carbocycles. The number of carbonyl (C=O) groups excluding carboxylic acids is 1. The molecule has 0 saturated heterocycles. The number of rotatable bonds is 12. The van der Waals surface area contributed by atoms with Crippen LogP contribution in [-0.4, -0.2) is 84.4 Å². The van der Waals surface area contributed by atoms with Gasteiger partial charge in [-0.25, -0.2) is 14.6 Å². The number of hydrogen-bond acceptors (Lipinski definition) is 8. The summed E-state index contributed by atoms with van der Waals surface area (Å²) in [5.74, 6) is -2.65. The minimum absolute atomic E-state index is 0.260. The van der Waals surface area contributed by atoms with Crippen LogP contribution in [0, 0.1) is 5.92 Å². The number of amides is 1. The third-order valence-corrected chi connectivity index (χ3v) is 4.66. The molecule has 0 aromatic rings. The molecule has 30 heavy (non-hydrogen) atoms. The van der Waals surface area contributed by atoms with E-state index in [1.165, 1.54) is 6.08 Å². The number of alkyl carbamates (subject to hydrolysis) is 1. The van der Waals surface area contributed by atoms with Gasteiger partial charge in [0.2, 0.25) is 5.76 Å². The lowest BCUT2D eigenvalue weighted by Gasteiger charge is -2.38. The number of carboxylic acid groups (broad SMARTS) is 1. The van der Waals surface area contributed by atoms with E-state index in [1.54, 1.807) is 6.92 Å². The molecule has 1 aliphatic heterocycles. The smallest absolute Gasteiger partial charge is 0.407 e. The van der Waals surface area contributed by atoms with Crippen LogP contribution in [0.1, 0.15) is 26.2 Å². The zero-order valence-electron chi connectivity index (χ0n) is 17.3. The van der Waals surface area contributed by atoms with Crippen LogP contribution in [0.2, 0.25) is 0 Å². The van der Waals surface area contributed by atoms with E-state index in [-0.39, 0.29) is 5.96 Å². The summed E-state index contributed by atoms with van der Waals surface area (Å²) in [6.45, 7) is 2.16. The van der Waals surface area contributed by atoms with E-state index in [4.69, 9.17) is 20.9 Å². The van der Waals surface area contributed by atoms with Crippen LogP contribution in [0.15, 0.2) is 16.8 Å². The maximum absolute atomic E-state index is 12.2.